The number of nitrogens with zero attached hydrogens (tertiary/aromatic N) is 4. The molecular weight excluding hydrogens is 400 g/mol. The molecule has 8 nitrogen and oxygen atoms in total. The Bertz CT molecular complexity index is 879. The minimum atomic E-state index is -0.297. The van der Waals surface area contributed by atoms with Crippen molar-refractivity contribution >= 4 is 34.2 Å². The summed E-state index contributed by atoms with van der Waals surface area (Å²) in [5, 5.41) is 6.62. The van der Waals surface area contributed by atoms with Crippen molar-refractivity contribution in [2.75, 3.05) is 42.9 Å². The summed E-state index contributed by atoms with van der Waals surface area (Å²) in [6.07, 6.45) is 0.948. The fraction of sp³-hybridized carbons (Fsp3) is 0.524. The lowest BCUT2D eigenvalue weighted by Crippen LogP contribution is -2.48. The van der Waals surface area contributed by atoms with E-state index in [1.54, 1.807) is 0 Å². The number of anilines is 2. The van der Waals surface area contributed by atoms with Crippen LogP contribution in [0.15, 0.2) is 18.2 Å². The lowest BCUT2D eigenvalue weighted by Gasteiger charge is -2.26. The molecule has 1 aliphatic rings. The van der Waals surface area contributed by atoms with Crippen LogP contribution in [-0.2, 0) is 9.59 Å². The summed E-state index contributed by atoms with van der Waals surface area (Å²) in [5.41, 5.74) is 2.81. The maximum absolute atomic E-state index is 12.6. The molecule has 2 amide bonds. The predicted molar refractivity (Wildman–Crippen MR) is 120 cm³/mol. The molecule has 0 spiro atoms. The minimum absolute atomic E-state index is 0.0407. The topological polar surface area (TPSA) is 90.5 Å². The molecule has 3 rings (SSSR count). The highest BCUT2D eigenvalue weighted by molar-refractivity contribution is 7.09. The average molecular weight is 431 g/mol. The number of aromatic nitrogens is 2. The Hall–Kier alpha value is -2.52. The monoisotopic (exact) mass is 430 g/mol. The van der Waals surface area contributed by atoms with Crippen LogP contribution >= 0.6 is 11.5 Å². The van der Waals surface area contributed by atoms with Gasteiger partial charge in [-0.2, -0.15) is 4.37 Å². The molecule has 162 valence electrons. The van der Waals surface area contributed by atoms with Crippen molar-refractivity contribution in [3.8, 4) is 0 Å². The molecule has 1 atom stereocenters. The number of carbonyl (C=O) groups excluding carboxylic acids is 2. The van der Waals surface area contributed by atoms with E-state index in [2.05, 4.69) is 29.8 Å². The third-order valence-corrected chi connectivity index (χ3v) is 6.28. The van der Waals surface area contributed by atoms with Crippen molar-refractivity contribution in [2.24, 2.45) is 0 Å². The molecule has 1 aromatic heterocycles. The van der Waals surface area contributed by atoms with E-state index < -0.39 is 0 Å². The number of para-hydroxylation sites is 1. The molecule has 1 fully saturated rings. The van der Waals surface area contributed by atoms with Crippen molar-refractivity contribution in [2.45, 2.75) is 40.2 Å². The van der Waals surface area contributed by atoms with Crippen molar-refractivity contribution in [1.82, 2.24) is 19.6 Å². The molecule has 30 heavy (non-hydrogen) atoms. The highest BCUT2D eigenvalue weighted by Crippen LogP contribution is 2.20. The van der Waals surface area contributed by atoms with Crippen LogP contribution in [0.5, 0.6) is 0 Å². The van der Waals surface area contributed by atoms with E-state index in [-0.39, 0.29) is 24.4 Å². The molecular formula is C21H30N6O2S. The molecule has 2 N–H and O–H groups in total. The van der Waals surface area contributed by atoms with Crippen LogP contribution in [0.1, 0.15) is 30.3 Å². The summed E-state index contributed by atoms with van der Waals surface area (Å²) < 4.78 is 4.26. The first-order valence-electron chi connectivity index (χ1n) is 10.3. The Morgan fingerprint density at radius 1 is 1.13 bits per heavy atom. The van der Waals surface area contributed by atoms with Gasteiger partial charge in [0.15, 0.2) is 0 Å². The predicted octanol–water partition coefficient (Wildman–Crippen LogP) is 2.12. The first-order valence-corrected chi connectivity index (χ1v) is 11.1. The molecule has 1 saturated heterocycles. The summed E-state index contributed by atoms with van der Waals surface area (Å²) in [6, 6.07) is 5.57. The Morgan fingerprint density at radius 3 is 2.53 bits per heavy atom. The summed E-state index contributed by atoms with van der Waals surface area (Å²) in [6.45, 7) is 11.0. The van der Waals surface area contributed by atoms with Crippen LogP contribution in [0.25, 0.3) is 0 Å². The number of carbonyl (C=O) groups is 2. The Balaban J connectivity index is 1.48. The van der Waals surface area contributed by atoms with Gasteiger partial charge >= 0.3 is 0 Å². The molecule has 1 aliphatic heterocycles. The van der Waals surface area contributed by atoms with Gasteiger partial charge in [-0.15, -0.1) is 0 Å². The molecule has 2 heterocycles. The molecule has 1 aromatic carbocycles. The lowest BCUT2D eigenvalue weighted by molar-refractivity contribution is -0.127. The normalized spacial score (nSPS) is 16.1. The van der Waals surface area contributed by atoms with Crippen molar-refractivity contribution in [3.63, 3.8) is 0 Å². The molecule has 2 aromatic rings. The maximum atomic E-state index is 12.6. The summed E-state index contributed by atoms with van der Waals surface area (Å²) in [5.74, 6) is 0.441. The van der Waals surface area contributed by atoms with Crippen LogP contribution < -0.4 is 15.5 Å². The minimum Gasteiger partial charge on any atom is -0.346 e. The van der Waals surface area contributed by atoms with E-state index in [0.29, 0.717) is 0 Å². The number of hydrogen-bond donors (Lipinski definition) is 2. The van der Waals surface area contributed by atoms with Crippen molar-refractivity contribution in [1.29, 1.82) is 0 Å². The largest absolute Gasteiger partial charge is 0.346 e. The number of aryl methyl sites for hydroxylation is 3. The van der Waals surface area contributed by atoms with Crippen LogP contribution in [0.4, 0.5) is 10.8 Å². The van der Waals surface area contributed by atoms with Crippen molar-refractivity contribution in [3.05, 3.63) is 35.2 Å². The first-order chi connectivity index (χ1) is 14.3. The third kappa shape index (κ3) is 5.54. The van der Waals surface area contributed by atoms with Crippen LogP contribution in [0.2, 0.25) is 0 Å². The number of nitrogens with one attached hydrogen (secondary N) is 2. The number of amides is 2. The van der Waals surface area contributed by atoms with Crippen LogP contribution in [0, 0.1) is 20.8 Å². The zero-order valence-corrected chi connectivity index (χ0v) is 18.9. The number of benzene rings is 1. The molecule has 0 unspecified atom stereocenters. The maximum Gasteiger partial charge on any atom is 0.243 e. The second-order valence-corrected chi connectivity index (χ2v) is 8.44. The Kier molecular flexibility index (Phi) is 7.38. The number of rotatable bonds is 6. The van der Waals surface area contributed by atoms with E-state index in [4.69, 9.17) is 0 Å². The third-order valence-electron chi connectivity index (χ3n) is 5.41. The Labute approximate surface area is 181 Å². The van der Waals surface area contributed by atoms with E-state index in [0.717, 1.165) is 60.4 Å². The van der Waals surface area contributed by atoms with Gasteiger partial charge in [0.1, 0.15) is 5.82 Å². The van der Waals surface area contributed by atoms with Gasteiger partial charge in [0, 0.05) is 43.4 Å². The van der Waals surface area contributed by atoms with Gasteiger partial charge in [-0.25, -0.2) is 4.98 Å². The first kappa shape index (κ1) is 22.2. The molecule has 0 bridgehead atoms. The van der Waals surface area contributed by atoms with Gasteiger partial charge in [-0.3, -0.25) is 14.5 Å². The fourth-order valence-electron chi connectivity index (χ4n) is 3.61. The zero-order chi connectivity index (χ0) is 21.7. The molecule has 9 heteroatoms. The summed E-state index contributed by atoms with van der Waals surface area (Å²) >= 11 is 1.42. The quantitative estimate of drug-likeness (QED) is 0.730. The van der Waals surface area contributed by atoms with Gasteiger partial charge in [-0.05, 0) is 45.2 Å². The molecule has 0 radical (unpaired) electrons. The summed E-state index contributed by atoms with van der Waals surface area (Å²) in [7, 11) is 0. The number of hydrogen-bond acceptors (Lipinski definition) is 7. The SMILES string of the molecule is Cc1nsc(N2CCCN([C@@H](C)C(=O)NCC(=O)Nc3c(C)cccc3C)CC2)n1. The average Bonchev–Trinajstić information content (AvgIpc) is 3.00. The second kappa shape index (κ2) is 9.99. The van der Waals surface area contributed by atoms with E-state index in [9.17, 15) is 9.59 Å². The van der Waals surface area contributed by atoms with Gasteiger partial charge in [0.25, 0.3) is 0 Å². The zero-order valence-electron chi connectivity index (χ0n) is 18.1. The van der Waals surface area contributed by atoms with E-state index >= 15 is 0 Å². The van der Waals surface area contributed by atoms with Crippen LogP contribution in [0.3, 0.4) is 0 Å². The Morgan fingerprint density at radius 2 is 1.87 bits per heavy atom. The van der Waals surface area contributed by atoms with E-state index in [1.807, 2.05) is 45.9 Å². The highest BCUT2D eigenvalue weighted by atomic mass is 32.1. The summed E-state index contributed by atoms with van der Waals surface area (Å²) in [4.78, 5) is 33.8. The van der Waals surface area contributed by atoms with Gasteiger partial charge < -0.3 is 15.5 Å². The molecule has 0 saturated carbocycles. The van der Waals surface area contributed by atoms with Crippen LogP contribution in [-0.4, -0.2) is 64.8 Å². The van der Waals surface area contributed by atoms with Gasteiger partial charge in [0.05, 0.1) is 12.6 Å². The lowest BCUT2D eigenvalue weighted by atomic mass is 10.1. The highest BCUT2D eigenvalue weighted by Gasteiger charge is 2.25. The fourth-order valence-corrected chi connectivity index (χ4v) is 4.33. The van der Waals surface area contributed by atoms with Gasteiger partial charge in [0.2, 0.25) is 16.9 Å². The second-order valence-electron chi connectivity index (χ2n) is 7.71. The van der Waals surface area contributed by atoms with Gasteiger partial charge in [-0.1, -0.05) is 18.2 Å². The van der Waals surface area contributed by atoms with Crippen molar-refractivity contribution < 1.29 is 9.59 Å². The van der Waals surface area contributed by atoms with E-state index in [1.165, 1.54) is 11.5 Å². The smallest absolute Gasteiger partial charge is 0.243 e. The standard InChI is InChI=1S/C21H30N6O2S/c1-14-7-5-8-15(2)19(14)24-18(28)13-22-20(29)16(3)26-9-6-10-27(12-11-26)21-23-17(4)25-30-21/h5,7-8,16H,6,9-13H2,1-4H3,(H,22,29)(H,24,28)/t16-/m0/s1. The molecule has 0 aliphatic carbocycles.